The van der Waals surface area contributed by atoms with Gasteiger partial charge < -0.3 is 14.8 Å². The monoisotopic (exact) mass is 362 g/mol. The minimum Gasteiger partial charge on any atom is -0.465 e. The summed E-state index contributed by atoms with van der Waals surface area (Å²) < 4.78 is 10.4. The van der Waals surface area contributed by atoms with Gasteiger partial charge in [-0.25, -0.2) is 0 Å². The molecule has 26 heavy (non-hydrogen) atoms. The molecule has 2 atom stereocenters. The van der Waals surface area contributed by atoms with Crippen LogP contribution in [0.2, 0.25) is 0 Å². The molecule has 0 saturated carbocycles. The molecule has 0 saturated heterocycles. The van der Waals surface area contributed by atoms with E-state index in [-0.39, 0.29) is 18.9 Å². The number of benzene rings is 1. The Morgan fingerprint density at radius 3 is 2.38 bits per heavy atom. The van der Waals surface area contributed by atoms with Gasteiger partial charge in [-0.1, -0.05) is 18.2 Å². The van der Waals surface area contributed by atoms with Gasteiger partial charge in [-0.05, 0) is 32.5 Å². The normalized spacial score (nSPS) is 20.7. The van der Waals surface area contributed by atoms with E-state index in [0.717, 1.165) is 0 Å². The number of nitro benzene ring substituents is 1. The zero-order valence-corrected chi connectivity index (χ0v) is 14.9. The highest BCUT2D eigenvalue weighted by Gasteiger charge is 2.59. The fraction of sp³-hybridized carbons (Fsp3) is 0.444. The van der Waals surface area contributed by atoms with Crippen LogP contribution in [0.1, 0.15) is 32.3 Å². The molecule has 8 nitrogen and oxygen atoms in total. The molecule has 2 rings (SSSR count). The Hall–Kier alpha value is -2.90. The highest BCUT2D eigenvalue weighted by Crippen LogP contribution is 2.45. The Labute approximate surface area is 151 Å². The van der Waals surface area contributed by atoms with E-state index in [2.05, 4.69) is 5.32 Å². The number of carbonyl (C=O) groups is 2. The molecule has 1 aromatic rings. The van der Waals surface area contributed by atoms with Crippen LogP contribution in [0, 0.1) is 15.5 Å². The molecule has 8 heteroatoms. The number of carbonyl (C=O) groups excluding carboxylic acids is 2. The summed E-state index contributed by atoms with van der Waals surface area (Å²) in [5, 5.41) is 14.1. The SMILES string of the molecule is CCOC(=O)C1(C(=O)OCC)C(C)NC=CC1c1cccc([N+](=O)[O-])c1. The van der Waals surface area contributed by atoms with Gasteiger partial charge in [0.15, 0.2) is 5.41 Å². The molecule has 0 aromatic heterocycles. The van der Waals surface area contributed by atoms with Gasteiger partial charge in [-0.15, -0.1) is 0 Å². The molecule has 0 radical (unpaired) electrons. The maximum Gasteiger partial charge on any atom is 0.326 e. The highest BCUT2D eigenvalue weighted by atomic mass is 16.6. The lowest BCUT2D eigenvalue weighted by Crippen LogP contribution is -2.59. The second-order valence-corrected chi connectivity index (χ2v) is 5.89. The minimum atomic E-state index is -1.68. The Morgan fingerprint density at radius 1 is 1.23 bits per heavy atom. The maximum atomic E-state index is 12.9. The molecule has 1 N–H and O–H groups in total. The third-order valence-electron chi connectivity index (χ3n) is 4.48. The average molecular weight is 362 g/mol. The van der Waals surface area contributed by atoms with Gasteiger partial charge in [-0.2, -0.15) is 0 Å². The Kier molecular flexibility index (Phi) is 5.97. The number of nitrogens with zero attached hydrogens (tertiary/aromatic N) is 1. The van der Waals surface area contributed by atoms with Crippen LogP contribution in [-0.4, -0.2) is 36.1 Å². The summed E-state index contributed by atoms with van der Waals surface area (Å²) in [4.78, 5) is 36.4. The van der Waals surface area contributed by atoms with Gasteiger partial charge >= 0.3 is 11.9 Å². The summed E-state index contributed by atoms with van der Waals surface area (Å²) in [6.45, 7) is 5.17. The molecule has 1 aromatic carbocycles. The van der Waals surface area contributed by atoms with Crippen molar-refractivity contribution in [2.24, 2.45) is 5.41 Å². The van der Waals surface area contributed by atoms with Crippen LogP contribution in [0.15, 0.2) is 36.5 Å². The summed E-state index contributed by atoms with van der Waals surface area (Å²) in [6.07, 6.45) is 3.26. The van der Waals surface area contributed by atoms with Crippen molar-refractivity contribution in [1.29, 1.82) is 0 Å². The van der Waals surface area contributed by atoms with Gasteiger partial charge in [0.25, 0.3) is 5.69 Å². The molecule has 0 bridgehead atoms. The van der Waals surface area contributed by atoms with Crippen molar-refractivity contribution >= 4 is 17.6 Å². The molecule has 0 amide bonds. The number of non-ortho nitro benzene ring substituents is 1. The van der Waals surface area contributed by atoms with Gasteiger partial charge in [0.05, 0.1) is 24.2 Å². The third-order valence-corrected chi connectivity index (χ3v) is 4.48. The van der Waals surface area contributed by atoms with E-state index in [1.807, 2.05) is 0 Å². The number of hydrogen-bond acceptors (Lipinski definition) is 7. The summed E-state index contributed by atoms with van der Waals surface area (Å²) >= 11 is 0. The average Bonchev–Trinajstić information content (AvgIpc) is 2.62. The fourth-order valence-electron chi connectivity index (χ4n) is 3.25. The van der Waals surface area contributed by atoms with Crippen LogP contribution in [0.4, 0.5) is 5.69 Å². The van der Waals surface area contributed by atoms with Gasteiger partial charge in [0, 0.05) is 18.1 Å². The van der Waals surface area contributed by atoms with Gasteiger partial charge in [0.2, 0.25) is 0 Å². The first-order valence-corrected chi connectivity index (χ1v) is 8.41. The van der Waals surface area contributed by atoms with Crippen molar-refractivity contribution in [3.63, 3.8) is 0 Å². The topological polar surface area (TPSA) is 108 Å². The lowest BCUT2D eigenvalue weighted by molar-refractivity contribution is -0.384. The third kappa shape index (κ3) is 3.26. The van der Waals surface area contributed by atoms with Crippen molar-refractivity contribution in [2.75, 3.05) is 13.2 Å². The number of allylic oxidation sites excluding steroid dienone is 1. The lowest BCUT2D eigenvalue weighted by atomic mass is 9.66. The standard InChI is InChI=1S/C18H22N2O6/c1-4-25-16(21)18(17(22)26-5-2)12(3)19-10-9-15(18)13-7-6-8-14(11-13)20(23)24/h6-12,15,19H,4-5H2,1-3H3. The second-order valence-electron chi connectivity index (χ2n) is 5.89. The molecule has 0 spiro atoms. The molecule has 140 valence electrons. The number of nitro groups is 1. The zero-order chi connectivity index (χ0) is 19.3. The quantitative estimate of drug-likeness (QED) is 0.358. The molecule has 1 heterocycles. The van der Waals surface area contributed by atoms with Crippen LogP contribution in [0.5, 0.6) is 0 Å². The van der Waals surface area contributed by atoms with Gasteiger partial charge in [0.1, 0.15) is 0 Å². The van der Waals surface area contributed by atoms with Crippen LogP contribution < -0.4 is 5.32 Å². The number of esters is 2. The van der Waals surface area contributed by atoms with Crippen molar-refractivity contribution in [3.8, 4) is 0 Å². The molecule has 2 unspecified atom stereocenters. The minimum absolute atomic E-state index is 0.0953. The van der Waals surface area contributed by atoms with Gasteiger partial charge in [-0.3, -0.25) is 19.7 Å². The van der Waals surface area contributed by atoms with Crippen molar-refractivity contribution < 1.29 is 24.0 Å². The Balaban J connectivity index is 2.65. The smallest absolute Gasteiger partial charge is 0.326 e. The van der Waals surface area contributed by atoms with Crippen LogP contribution in [0.25, 0.3) is 0 Å². The summed E-state index contributed by atoms with van der Waals surface area (Å²) in [6, 6.07) is 5.26. The maximum absolute atomic E-state index is 12.9. The molecule has 0 fully saturated rings. The molecule has 1 aliphatic rings. The van der Waals surface area contributed by atoms with Crippen LogP contribution in [-0.2, 0) is 19.1 Å². The highest BCUT2D eigenvalue weighted by molar-refractivity contribution is 6.03. The van der Waals surface area contributed by atoms with Crippen molar-refractivity contribution in [3.05, 3.63) is 52.2 Å². The number of nitrogens with one attached hydrogen (secondary N) is 1. The van der Waals surface area contributed by atoms with E-state index in [1.54, 1.807) is 39.1 Å². The summed E-state index contributed by atoms with van der Waals surface area (Å²) in [5.74, 6) is -2.21. The first-order valence-electron chi connectivity index (χ1n) is 8.41. The largest absolute Gasteiger partial charge is 0.465 e. The van der Waals surface area contributed by atoms with E-state index >= 15 is 0 Å². The predicted octanol–water partition coefficient (Wildman–Crippen LogP) is 2.30. The zero-order valence-electron chi connectivity index (χ0n) is 14.9. The fourth-order valence-corrected chi connectivity index (χ4v) is 3.25. The molecular weight excluding hydrogens is 340 g/mol. The first-order chi connectivity index (χ1) is 12.4. The first kappa shape index (κ1) is 19.4. The van der Waals surface area contributed by atoms with Crippen LogP contribution >= 0.6 is 0 Å². The molecular formula is C18H22N2O6. The van der Waals surface area contributed by atoms with E-state index < -0.39 is 34.2 Å². The van der Waals surface area contributed by atoms with Crippen molar-refractivity contribution in [2.45, 2.75) is 32.7 Å². The second kappa shape index (κ2) is 7.99. The Bertz CT molecular complexity index is 712. The number of rotatable bonds is 6. The summed E-state index contributed by atoms with van der Waals surface area (Å²) in [7, 11) is 0. The van der Waals surface area contributed by atoms with Crippen molar-refractivity contribution in [1.82, 2.24) is 5.32 Å². The number of hydrogen-bond donors (Lipinski definition) is 1. The van der Waals surface area contributed by atoms with Crippen LogP contribution in [0.3, 0.4) is 0 Å². The van der Waals surface area contributed by atoms with E-state index in [0.29, 0.717) is 5.56 Å². The summed E-state index contributed by atoms with van der Waals surface area (Å²) in [5.41, 5.74) is -1.34. The van der Waals surface area contributed by atoms with E-state index in [1.165, 1.54) is 18.2 Å². The van der Waals surface area contributed by atoms with E-state index in [9.17, 15) is 19.7 Å². The lowest BCUT2D eigenvalue weighted by Gasteiger charge is -2.42. The van der Waals surface area contributed by atoms with E-state index in [4.69, 9.17) is 9.47 Å². The molecule has 1 aliphatic heterocycles. The Morgan fingerprint density at radius 2 is 1.85 bits per heavy atom. The molecule has 0 aliphatic carbocycles. The number of ether oxygens (including phenoxy) is 2. The predicted molar refractivity (Wildman–Crippen MR) is 93.3 cm³/mol.